The summed E-state index contributed by atoms with van der Waals surface area (Å²) in [6, 6.07) is 16.2. The predicted octanol–water partition coefficient (Wildman–Crippen LogP) is 6.10. The number of benzene rings is 2. The second-order valence-corrected chi connectivity index (χ2v) is 9.21. The molecule has 0 heterocycles. The Kier molecular flexibility index (Phi) is 6.95. The van der Waals surface area contributed by atoms with Crippen LogP contribution in [-0.2, 0) is 5.41 Å². The fourth-order valence-electron chi connectivity index (χ4n) is 3.23. The minimum Gasteiger partial charge on any atom is -0.491 e. The Hall–Kier alpha value is -2.26. The highest BCUT2D eigenvalue weighted by atomic mass is 16.5. The zero-order valence-electron chi connectivity index (χ0n) is 18.1. The van der Waals surface area contributed by atoms with Gasteiger partial charge in [-0.05, 0) is 54.2 Å². The van der Waals surface area contributed by atoms with E-state index in [0.717, 1.165) is 11.5 Å². The van der Waals surface area contributed by atoms with Crippen molar-refractivity contribution in [1.82, 2.24) is 0 Å². The molecule has 0 bridgehead atoms. The van der Waals surface area contributed by atoms with Crippen molar-refractivity contribution in [1.29, 1.82) is 0 Å². The minimum absolute atomic E-state index is 0.0849. The predicted molar refractivity (Wildman–Crippen MR) is 116 cm³/mol. The number of aliphatic hydroxyl groups is 1. The van der Waals surface area contributed by atoms with Gasteiger partial charge in [0, 0.05) is 5.41 Å². The summed E-state index contributed by atoms with van der Waals surface area (Å²) in [6.45, 7) is 16.7. The molecule has 0 amide bonds. The molecule has 0 saturated heterocycles. The molecule has 152 valence electrons. The van der Waals surface area contributed by atoms with Crippen molar-refractivity contribution < 1.29 is 14.6 Å². The third kappa shape index (κ3) is 6.42. The van der Waals surface area contributed by atoms with Crippen molar-refractivity contribution >= 4 is 0 Å². The average Bonchev–Trinajstić information content (AvgIpc) is 2.59. The number of rotatable bonds is 8. The molecule has 2 rings (SSSR count). The van der Waals surface area contributed by atoms with E-state index in [2.05, 4.69) is 65.5 Å². The van der Waals surface area contributed by atoms with E-state index in [1.165, 1.54) is 11.1 Å². The van der Waals surface area contributed by atoms with Crippen molar-refractivity contribution in [2.45, 2.75) is 59.5 Å². The van der Waals surface area contributed by atoms with E-state index in [1.807, 2.05) is 31.2 Å². The van der Waals surface area contributed by atoms with E-state index in [4.69, 9.17) is 9.47 Å². The van der Waals surface area contributed by atoms with Gasteiger partial charge in [0.05, 0.1) is 11.9 Å². The minimum atomic E-state index is -0.462. The van der Waals surface area contributed by atoms with E-state index in [1.54, 1.807) is 0 Å². The Morgan fingerprint density at radius 2 is 1.36 bits per heavy atom. The van der Waals surface area contributed by atoms with Crippen molar-refractivity contribution in [2.75, 3.05) is 6.61 Å². The lowest BCUT2D eigenvalue weighted by Gasteiger charge is -2.27. The molecule has 2 aromatic rings. The van der Waals surface area contributed by atoms with E-state index in [0.29, 0.717) is 18.8 Å². The normalized spacial score (nSPS) is 13.1. The van der Waals surface area contributed by atoms with Gasteiger partial charge < -0.3 is 14.6 Å². The third-order valence-electron chi connectivity index (χ3n) is 4.73. The van der Waals surface area contributed by atoms with Crippen LogP contribution >= 0.6 is 0 Å². The maximum Gasteiger partial charge on any atom is 0.126 e. The molecule has 28 heavy (non-hydrogen) atoms. The summed E-state index contributed by atoms with van der Waals surface area (Å²) in [5, 5.41) is 10.1. The molecular formula is C25H34O3. The molecule has 1 unspecified atom stereocenters. The van der Waals surface area contributed by atoms with Gasteiger partial charge in [0.25, 0.3) is 0 Å². The van der Waals surface area contributed by atoms with E-state index < -0.39 is 6.10 Å². The van der Waals surface area contributed by atoms with E-state index >= 15 is 0 Å². The van der Waals surface area contributed by atoms with Crippen LogP contribution in [0.5, 0.6) is 11.5 Å². The molecule has 2 aromatic carbocycles. The van der Waals surface area contributed by atoms with Crippen LogP contribution < -0.4 is 9.47 Å². The van der Waals surface area contributed by atoms with Crippen molar-refractivity contribution in [2.24, 2.45) is 5.41 Å². The molecule has 3 nitrogen and oxygen atoms in total. The summed E-state index contributed by atoms with van der Waals surface area (Å²) in [5.74, 6) is 2.25. The van der Waals surface area contributed by atoms with Crippen molar-refractivity contribution in [3.8, 4) is 11.5 Å². The highest BCUT2D eigenvalue weighted by molar-refractivity contribution is 5.42. The first-order valence-electron chi connectivity index (χ1n) is 9.83. The molecule has 0 aromatic heterocycles. The SMILES string of the molecule is C=C(C)Oc1ccc(C(C)(C)c2ccc(OCC(O)CC(C)(C)C)cc2)cc1. The van der Waals surface area contributed by atoms with Gasteiger partial charge in [0.15, 0.2) is 0 Å². The first kappa shape index (κ1) is 22.0. The van der Waals surface area contributed by atoms with E-state index in [9.17, 15) is 5.11 Å². The van der Waals surface area contributed by atoms with Crippen molar-refractivity contribution in [3.05, 3.63) is 72.0 Å². The van der Waals surface area contributed by atoms with E-state index in [-0.39, 0.29) is 10.8 Å². The molecule has 1 N–H and O–H groups in total. The number of ether oxygens (including phenoxy) is 2. The van der Waals surface area contributed by atoms with Crippen LogP contribution in [0.3, 0.4) is 0 Å². The molecule has 0 fully saturated rings. The lowest BCUT2D eigenvalue weighted by Crippen LogP contribution is -2.24. The quantitative estimate of drug-likeness (QED) is 0.561. The van der Waals surface area contributed by atoms with Gasteiger partial charge in [-0.1, -0.05) is 65.5 Å². The van der Waals surface area contributed by atoms with Gasteiger partial charge >= 0.3 is 0 Å². The highest BCUT2D eigenvalue weighted by Gasteiger charge is 2.23. The summed E-state index contributed by atoms with van der Waals surface area (Å²) in [7, 11) is 0. The topological polar surface area (TPSA) is 38.7 Å². The molecule has 0 aliphatic heterocycles. The lowest BCUT2D eigenvalue weighted by molar-refractivity contribution is 0.0710. The fraction of sp³-hybridized carbons (Fsp3) is 0.440. The van der Waals surface area contributed by atoms with Gasteiger partial charge in [-0.2, -0.15) is 0 Å². The molecule has 0 aliphatic carbocycles. The first-order valence-corrected chi connectivity index (χ1v) is 9.83. The summed E-state index contributed by atoms with van der Waals surface area (Å²) in [6.07, 6.45) is 0.250. The maximum atomic E-state index is 10.1. The largest absolute Gasteiger partial charge is 0.491 e. The van der Waals surface area contributed by atoms with Crippen LogP contribution in [0.2, 0.25) is 0 Å². The zero-order chi connectivity index (χ0) is 20.9. The van der Waals surface area contributed by atoms with Gasteiger partial charge in [0.2, 0.25) is 0 Å². The Balaban J connectivity index is 2.03. The summed E-state index contributed by atoms with van der Waals surface area (Å²) >= 11 is 0. The standard InChI is InChI=1S/C25H34O3/c1-18(2)28-23-14-10-20(11-15-23)25(6,7)19-8-12-22(13-9-19)27-17-21(26)16-24(3,4)5/h8-15,21,26H,1,16-17H2,2-7H3. The Bertz CT molecular complexity index is 765. The number of hydrogen-bond donors (Lipinski definition) is 1. The third-order valence-corrected chi connectivity index (χ3v) is 4.73. The Morgan fingerprint density at radius 3 is 1.79 bits per heavy atom. The monoisotopic (exact) mass is 382 g/mol. The smallest absolute Gasteiger partial charge is 0.126 e. The van der Waals surface area contributed by atoms with Gasteiger partial charge in [0.1, 0.15) is 18.1 Å². The van der Waals surface area contributed by atoms with Crippen LogP contribution in [0.1, 0.15) is 59.1 Å². The van der Waals surface area contributed by atoms with Gasteiger partial charge in [-0.3, -0.25) is 0 Å². The lowest BCUT2D eigenvalue weighted by atomic mass is 9.78. The highest BCUT2D eigenvalue weighted by Crippen LogP contribution is 2.33. The molecule has 1 atom stereocenters. The number of aliphatic hydroxyl groups excluding tert-OH is 1. The molecular weight excluding hydrogens is 348 g/mol. The second-order valence-electron chi connectivity index (χ2n) is 9.21. The average molecular weight is 383 g/mol. The van der Waals surface area contributed by atoms with Crippen LogP contribution in [-0.4, -0.2) is 17.8 Å². The number of allylic oxidation sites excluding steroid dienone is 1. The summed E-state index contributed by atoms with van der Waals surface area (Å²) < 4.78 is 11.3. The number of hydrogen-bond acceptors (Lipinski definition) is 3. The summed E-state index contributed by atoms with van der Waals surface area (Å²) in [4.78, 5) is 0. The molecule has 0 radical (unpaired) electrons. The Morgan fingerprint density at radius 1 is 0.893 bits per heavy atom. The van der Waals surface area contributed by atoms with Crippen LogP contribution in [0.25, 0.3) is 0 Å². The Labute approximate surface area is 170 Å². The van der Waals surface area contributed by atoms with Gasteiger partial charge in [-0.25, -0.2) is 0 Å². The van der Waals surface area contributed by atoms with Crippen molar-refractivity contribution in [3.63, 3.8) is 0 Å². The zero-order valence-corrected chi connectivity index (χ0v) is 18.1. The first-order chi connectivity index (χ1) is 13.0. The van der Waals surface area contributed by atoms with Crippen LogP contribution in [0.15, 0.2) is 60.9 Å². The van der Waals surface area contributed by atoms with Gasteiger partial charge in [-0.15, -0.1) is 0 Å². The maximum absolute atomic E-state index is 10.1. The molecule has 3 heteroatoms. The van der Waals surface area contributed by atoms with Crippen LogP contribution in [0, 0.1) is 5.41 Å². The second kappa shape index (κ2) is 8.83. The summed E-state index contributed by atoms with van der Waals surface area (Å²) in [5.41, 5.74) is 2.34. The molecule has 0 spiro atoms. The fourth-order valence-corrected chi connectivity index (χ4v) is 3.23. The molecule has 0 aliphatic rings. The molecule has 0 saturated carbocycles. The van der Waals surface area contributed by atoms with Crippen LogP contribution in [0.4, 0.5) is 0 Å².